The Kier molecular flexibility index (Phi) is 7.85. The van der Waals surface area contributed by atoms with Crippen LogP contribution in [0.4, 0.5) is 8.78 Å². The van der Waals surface area contributed by atoms with E-state index in [1.807, 2.05) is 0 Å². The van der Waals surface area contributed by atoms with Crippen molar-refractivity contribution in [1.82, 2.24) is 5.32 Å². The van der Waals surface area contributed by atoms with Crippen LogP contribution in [-0.4, -0.2) is 41.0 Å². The average Bonchev–Trinajstić information content (AvgIpc) is 3.13. The standard InChI is InChI=1S/C25H31F2NO4/c1-25(2,13-16-11-18-5-3-4-6-19(18)12-16)28-14-20(29)15-32-24-17(8-10-22(30)31)7-9-21(26)23(24)27/h3-7,9,16,20,28-29H,8,10-15H2,1-2H3,(H,30,31)/t20-/m1/s1. The highest BCUT2D eigenvalue weighted by molar-refractivity contribution is 5.67. The molecule has 0 fully saturated rings. The number of aliphatic carboxylic acids is 1. The SMILES string of the molecule is CC(C)(CC1Cc2ccccc2C1)NC[C@@H](O)COc1c(CCC(=O)O)ccc(F)c1F. The highest BCUT2D eigenvalue weighted by atomic mass is 19.2. The van der Waals surface area contributed by atoms with Crippen LogP contribution in [0.15, 0.2) is 36.4 Å². The van der Waals surface area contributed by atoms with Crippen molar-refractivity contribution in [3.63, 3.8) is 0 Å². The lowest BCUT2D eigenvalue weighted by Crippen LogP contribution is -2.46. The number of aliphatic hydroxyl groups is 1. The van der Waals surface area contributed by atoms with Crippen LogP contribution in [0.2, 0.25) is 0 Å². The summed E-state index contributed by atoms with van der Waals surface area (Å²) in [7, 11) is 0. The molecule has 0 aromatic heterocycles. The van der Waals surface area contributed by atoms with Crippen LogP contribution in [-0.2, 0) is 24.1 Å². The summed E-state index contributed by atoms with van der Waals surface area (Å²) in [6, 6.07) is 10.7. The van der Waals surface area contributed by atoms with Gasteiger partial charge in [0, 0.05) is 18.5 Å². The number of carboxylic acids is 1. The molecule has 0 radical (unpaired) electrons. The molecule has 5 nitrogen and oxygen atoms in total. The molecule has 0 saturated carbocycles. The van der Waals surface area contributed by atoms with Gasteiger partial charge in [0.25, 0.3) is 0 Å². The smallest absolute Gasteiger partial charge is 0.303 e. The van der Waals surface area contributed by atoms with Gasteiger partial charge in [0.05, 0.1) is 0 Å². The van der Waals surface area contributed by atoms with Gasteiger partial charge in [0.1, 0.15) is 12.7 Å². The van der Waals surface area contributed by atoms with E-state index < -0.39 is 23.7 Å². The fourth-order valence-corrected chi connectivity index (χ4v) is 4.39. The molecule has 0 aliphatic heterocycles. The Morgan fingerprint density at radius 3 is 2.47 bits per heavy atom. The first-order valence-electron chi connectivity index (χ1n) is 11.0. The largest absolute Gasteiger partial charge is 0.487 e. The Morgan fingerprint density at radius 1 is 1.19 bits per heavy atom. The normalized spacial score (nSPS) is 14.9. The van der Waals surface area contributed by atoms with Crippen molar-refractivity contribution in [3.05, 3.63) is 64.7 Å². The van der Waals surface area contributed by atoms with Gasteiger partial charge in [-0.1, -0.05) is 30.3 Å². The van der Waals surface area contributed by atoms with E-state index in [0.29, 0.717) is 5.92 Å². The average molecular weight is 448 g/mol. The maximum Gasteiger partial charge on any atom is 0.303 e. The molecule has 0 spiro atoms. The van der Waals surface area contributed by atoms with E-state index in [2.05, 4.69) is 43.4 Å². The first kappa shape index (κ1) is 24.1. The molecule has 1 aliphatic carbocycles. The molecule has 2 aromatic carbocycles. The number of rotatable bonds is 11. The van der Waals surface area contributed by atoms with Gasteiger partial charge in [0.15, 0.2) is 11.6 Å². The zero-order chi connectivity index (χ0) is 23.3. The van der Waals surface area contributed by atoms with E-state index in [4.69, 9.17) is 9.84 Å². The maximum absolute atomic E-state index is 14.2. The Morgan fingerprint density at radius 2 is 1.84 bits per heavy atom. The number of hydrogen-bond acceptors (Lipinski definition) is 4. The first-order valence-corrected chi connectivity index (χ1v) is 11.0. The summed E-state index contributed by atoms with van der Waals surface area (Å²) in [5, 5.41) is 22.6. The van der Waals surface area contributed by atoms with Crippen molar-refractivity contribution >= 4 is 5.97 Å². The quantitative estimate of drug-likeness (QED) is 0.487. The zero-order valence-electron chi connectivity index (χ0n) is 18.5. The predicted molar refractivity (Wildman–Crippen MR) is 118 cm³/mol. The zero-order valence-corrected chi connectivity index (χ0v) is 18.5. The topological polar surface area (TPSA) is 78.8 Å². The van der Waals surface area contributed by atoms with Crippen LogP contribution in [0.25, 0.3) is 0 Å². The summed E-state index contributed by atoms with van der Waals surface area (Å²) in [4.78, 5) is 10.8. The van der Waals surface area contributed by atoms with Crippen molar-refractivity contribution < 1.29 is 28.5 Å². The number of benzene rings is 2. The third-order valence-electron chi connectivity index (χ3n) is 5.91. The van der Waals surface area contributed by atoms with E-state index in [1.54, 1.807) is 0 Å². The number of carbonyl (C=O) groups is 1. The van der Waals surface area contributed by atoms with Gasteiger partial charge in [-0.3, -0.25) is 4.79 Å². The van der Waals surface area contributed by atoms with Gasteiger partial charge in [-0.15, -0.1) is 0 Å². The molecule has 2 aromatic rings. The minimum atomic E-state index is -1.17. The maximum atomic E-state index is 14.2. The van der Waals surface area contributed by atoms with E-state index in [0.717, 1.165) is 25.3 Å². The van der Waals surface area contributed by atoms with Gasteiger partial charge in [0.2, 0.25) is 5.82 Å². The van der Waals surface area contributed by atoms with E-state index in [9.17, 15) is 18.7 Å². The summed E-state index contributed by atoms with van der Waals surface area (Å²) in [5.74, 6) is -3.10. The van der Waals surface area contributed by atoms with Crippen LogP contribution < -0.4 is 10.1 Å². The fraction of sp³-hybridized carbons (Fsp3) is 0.480. The van der Waals surface area contributed by atoms with Crippen LogP contribution in [0, 0.1) is 17.6 Å². The Balaban J connectivity index is 1.50. The molecule has 3 N–H and O–H groups in total. The van der Waals surface area contributed by atoms with Crippen LogP contribution in [0.5, 0.6) is 5.75 Å². The third-order valence-corrected chi connectivity index (χ3v) is 5.91. The lowest BCUT2D eigenvalue weighted by Gasteiger charge is -2.30. The van der Waals surface area contributed by atoms with Crippen molar-refractivity contribution in [2.24, 2.45) is 5.92 Å². The number of fused-ring (bicyclic) bond motifs is 1. The number of nitrogens with one attached hydrogen (secondary N) is 1. The molecule has 0 bridgehead atoms. The second kappa shape index (κ2) is 10.4. The Labute approximate surface area is 187 Å². The molecule has 32 heavy (non-hydrogen) atoms. The molecule has 1 atom stereocenters. The van der Waals surface area contributed by atoms with Gasteiger partial charge in [-0.25, -0.2) is 4.39 Å². The van der Waals surface area contributed by atoms with Crippen LogP contribution in [0.3, 0.4) is 0 Å². The van der Waals surface area contributed by atoms with Crippen molar-refractivity contribution in [3.8, 4) is 5.75 Å². The van der Waals surface area contributed by atoms with Crippen LogP contribution >= 0.6 is 0 Å². The summed E-state index contributed by atoms with van der Waals surface area (Å²) < 4.78 is 33.2. The molecular formula is C25H31F2NO4. The van der Waals surface area contributed by atoms with Gasteiger partial charge in [-0.2, -0.15) is 4.39 Å². The van der Waals surface area contributed by atoms with Crippen molar-refractivity contribution in [2.45, 2.75) is 57.6 Å². The number of ether oxygens (including phenoxy) is 1. The van der Waals surface area contributed by atoms with E-state index in [1.165, 1.54) is 17.2 Å². The summed E-state index contributed by atoms with van der Waals surface area (Å²) >= 11 is 0. The van der Waals surface area contributed by atoms with Gasteiger partial charge < -0.3 is 20.3 Å². The lowest BCUT2D eigenvalue weighted by atomic mass is 9.88. The summed E-state index contributed by atoms with van der Waals surface area (Å²) in [6.07, 6.45) is 1.87. The number of carboxylic acid groups (broad SMARTS) is 1. The summed E-state index contributed by atoms with van der Waals surface area (Å²) in [5.41, 5.74) is 2.84. The Bertz CT molecular complexity index is 923. The number of aliphatic hydroxyl groups excluding tert-OH is 1. The fourth-order valence-electron chi connectivity index (χ4n) is 4.39. The second-order valence-corrected chi connectivity index (χ2v) is 9.22. The highest BCUT2D eigenvalue weighted by Gasteiger charge is 2.28. The summed E-state index contributed by atoms with van der Waals surface area (Å²) in [6.45, 7) is 4.16. The van der Waals surface area contributed by atoms with Gasteiger partial charge >= 0.3 is 5.97 Å². The number of aryl methyl sites for hydroxylation is 1. The molecule has 0 unspecified atom stereocenters. The first-order chi connectivity index (χ1) is 15.1. The lowest BCUT2D eigenvalue weighted by molar-refractivity contribution is -0.136. The highest BCUT2D eigenvalue weighted by Crippen LogP contribution is 2.32. The monoisotopic (exact) mass is 447 g/mol. The number of halogens is 2. The number of hydrogen-bond donors (Lipinski definition) is 3. The molecule has 1 aliphatic rings. The molecule has 0 amide bonds. The third kappa shape index (κ3) is 6.50. The molecule has 3 rings (SSSR count). The van der Waals surface area contributed by atoms with Crippen molar-refractivity contribution in [1.29, 1.82) is 0 Å². The molecule has 7 heteroatoms. The van der Waals surface area contributed by atoms with Crippen LogP contribution in [0.1, 0.15) is 43.4 Å². The van der Waals surface area contributed by atoms with Crippen molar-refractivity contribution in [2.75, 3.05) is 13.2 Å². The van der Waals surface area contributed by atoms with E-state index >= 15 is 0 Å². The molecule has 0 saturated heterocycles. The van der Waals surface area contributed by atoms with Gasteiger partial charge in [-0.05, 0) is 68.2 Å². The Hall–Kier alpha value is -2.51. The minimum absolute atomic E-state index is 0.00696. The molecular weight excluding hydrogens is 416 g/mol. The second-order valence-electron chi connectivity index (χ2n) is 9.22. The number of β-amino-alcohol motifs (C(OH)–C–C–N with tert-alkyl or cyclic N) is 1. The van der Waals surface area contributed by atoms with E-state index in [-0.39, 0.29) is 42.8 Å². The predicted octanol–water partition coefficient (Wildman–Crippen LogP) is 3.90. The molecule has 0 heterocycles. The minimum Gasteiger partial charge on any atom is -0.487 e. The molecule has 174 valence electrons.